The van der Waals surface area contributed by atoms with Gasteiger partial charge in [0.05, 0.1) is 10.6 Å². The zero-order chi connectivity index (χ0) is 33.4. The highest BCUT2D eigenvalue weighted by Crippen LogP contribution is 2.28. The SMILES string of the molecule is CC[C@H](C)NC(=O)[C@@H](Cc1ccccc1)N(Cc1ccc(Cl)cc1Cl)C(=O)CN(c1cc(C)cc(C)c1)S(=O)(=O)c1ccccc1. The summed E-state index contributed by atoms with van der Waals surface area (Å²) < 4.78 is 29.5. The molecule has 0 aliphatic rings. The Hall–Kier alpha value is -3.85. The van der Waals surface area contributed by atoms with Gasteiger partial charge in [-0.3, -0.25) is 13.9 Å². The fraction of sp³-hybridized carbons (Fsp3) is 0.278. The predicted molar refractivity (Wildman–Crippen MR) is 186 cm³/mol. The smallest absolute Gasteiger partial charge is 0.264 e. The second-order valence-corrected chi connectivity index (χ2v) is 14.2. The molecule has 0 radical (unpaired) electrons. The molecule has 0 spiro atoms. The highest BCUT2D eigenvalue weighted by molar-refractivity contribution is 7.92. The summed E-state index contributed by atoms with van der Waals surface area (Å²) in [5.41, 5.74) is 3.45. The first kappa shape index (κ1) is 35.0. The van der Waals surface area contributed by atoms with Crippen LogP contribution in [0.15, 0.2) is 102 Å². The first-order chi connectivity index (χ1) is 21.9. The quantitative estimate of drug-likeness (QED) is 0.160. The van der Waals surface area contributed by atoms with E-state index in [0.717, 1.165) is 21.0 Å². The number of anilines is 1. The molecule has 0 saturated carbocycles. The van der Waals surface area contributed by atoms with Gasteiger partial charge < -0.3 is 10.2 Å². The van der Waals surface area contributed by atoms with E-state index in [0.29, 0.717) is 27.7 Å². The molecule has 0 saturated heterocycles. The van der Waals surface area contributed by atoms with Crippen molar-refractivity contribution in [1.82, 2.24) is 10.2 Å². The van der Waals surface area contributed by atoms with Crippen molar-refractivity contribution < 1.29 is 18.0 Å². The van der Waals surface area contributed by atoms with Crippen LogP contribution in [-0.2, 0) is 32.6 Å². The lowest BCUT2D eigenvalue weighted by molar-refractivity contribution is -0.140. The predicted octanol–water partition coefficient (Wildman–Crippen LogP) is 7.36. The van der Waals surface area contributed by atoms with Crippen LogP contribution >= 0.6 is 23.2 Å². The third kappa shape index (κ3) is 8.90. The molecule has 2 amide bonds. The summed E-state index contributed by atoms with van der Waals surface area (Å²) >= 11 is 12.8. The maximum absolute atomic E-state index is 14.6. The zero-order valence-corrected chi connectivity index (χ0v) is 28.7. The summed E-state index contributed by atoms with van der Waals surface area (Å²) in [5, 5.41) is 3.79. The van der Waals surface area contributed by atoms with Crippen molar-refractivity contribution in [3.8, 4) is 0 Å². The maximum atomic E-state index is 14.6. The molecule has 2 atom stereocenters. The molecular weight excluding hydrogens is 641 g/mol. The van der Waals surface area contributed by atoms with Gasteiger partial charge in [0.1, 0.15) is 12.6 Å². The molecular formula is C36H39Cl2N3O4S. The summed E-state index contributed by atoms with van der Waals surface area (Å²) in [6, 6.07) is 26.6. The molecule has 0 fully saturated rings. The Morgan fingerprint density at radius 1 is 0.848 bits per heavy atom. The summed E-state index contributed by atoms with van der Waals surface area (Å²) in [5.74, 6) is -0.912. The van der Waals surface area contributed by atoms with Crippen LogP contribution in [0.25, 0.3) is 0 Å². The average molecular weight is 681 g/mol. The molecule has 7 nitrogen and oxygen atoms in total. The largest absolute Gasteiger partial charge is 0.352 e. The Balaban J connectivity index is 1.85. The van der Waals surface area contributed by atoms with Crippen LogP contribution in [0.2, 0.25) is 10.0 Å². The number of sulfonamides is 1. The lowest BCUT2D eigenvalue weighted by Crippen LogP contribution is -2.54. The third-order valence-electron chi connectivity index (χ3n) is 7.73. The molecule has 0 aliphatic heterocycles. The zero-order valence-electron chi connectivity index (χ0n) is 26.4. The standard InChI is InChI=1S/C36H39Cl2N3O4S/c1-5-27(4)39-36(43)34(21-28-12-8-6-9-13-28)40(23-29-16-17-30(37)22-33(29)38)35(42)24-41(31-19-25(2)18-26(3)20-31)46(44,45)32-14-10-7-11-15-32/h6-20,22,27,34H,5,21,23-24H2,1-4H3,(H,39,43)/t27-,34+/m0/s1. The lowest BCUT2D eigenvalue weighted by atomic mass is 10.0. The van der Waals surface area contributed by atoms with Gasteiger partial charge in [-0.1, -0.05) is 90.8 Å². The topological polar surface area (TPSA) is 86.8 Å². The monoisotopic (exact) mass is 679 g/mol. The number of halogens is 2. The minimum Gasteiger partial charge on any atom is -0.352 e. The Morgan fingerprint density at radius 2 is 1.46 bits per heavy atom. The molecule has 0 aliphatic carbocycles. The Labute approximate surface area is 282 Å². The van der Waals surface area contributed by atoms with Gasteiger partial charge in [0.15, 0.2) is 0 Å². The van der Waals surface area contributed by atoms with E-state index in [2.05, 4.69) is 5.32 Å². The van der Waals surface area contributed by atoms with E-state index in [9.17, 15) is 18.0 Å². The highest BCUT2D eigenvalue weighted by Gasteiger charge is 2.35. The van der Waals surface area contributed by atoms with Gasteiger partial charge >= 0.3 is 0 Å². The number of nitrogens with zero attached hydrogens (tertiary/aromatic N) is 2. The van der Waals surface area contributed by atoms with Gasteiger partial charge in [-0.05, 0) is 85.8 Å². The number of benzene rings is 4. The fourth-order valence-corrected chi connectivity index (χ4v) is 7.06. The van der Waals surface area contributed by atoms with E-state index in [-0.39, 0.29) is 29.8 Å². The van der Waals surface area contributed by atoms with Gasteiger partial charge in [-0.25, -0.2) is 8.42 Å². The minimum atomic E-state index is -4.19. The molecule has 4 aromatic rings. The Morgan fingerprint density at radius 3 is 2.04 bits per heavy atom. The first-order valence-corrected chi connectivity index (χ1v) is 17.3. The number of aryl methyl sites for hydroxylation is 2. The van der Waals surface area contributed by atoms with E-state index in [4.69, 9.17) is 23.2 Å². The van der Waals surface area contributed by atoms with Crippen molar-refractivity contribution in [2.24, 2.45) is 0 Å². The number of nitrogens with one attached hydrogen (secondary N) is 1. The van der Waals surface area contributed by atoms with E-state index >= 15 is 0 Å². The molecule has 0 bridgehead atoms. The summed E-state index contributed by atoms with van der Waals surface area (Å²) in [6.07, 6.45) is 0.894. The highest BCUT2D eigenvalue weighted by atomic mass is 35.5. The van der Waals surface area contributed by atoms with Crippen LogP contribution in [0.5, 0.6) is 0 Å². The van der Waals surface area contributed by atoms with Crippen molar-refractivity contribution >= 4 is 50.7 Å². The lowest BCUT2D eigenvalue weighted by Gasteiger charge is -2.34. The Kier molecular flexibility index (Phi) is 11.9. The average Bonchev–Trinajstić information content (AvgIpc) is 3.02. The molecule has 0 heterocycles. The summed E-state index contributed by atoms with van der Waals surface area (Å²) in [7, 11) is -4.19. The van der Waals surface area contributed by atoms with Crippen molar-refractivity contribution in [2.75, 3.05) is 10.8 Å². The van der Waals surface area contributed by atoms with Crippen LogP contribution in [-0.4, -0.2) is 43.8 Å². The summed E-state index contributed by atoms with van der Waals surface area (Å²) in [6.45, 7) is 7.00. The number of carbonyl (C=O) groups excluding carboxylic acids is 2. The minimum absolute atomic E-state index is 0.0459. The van der Waals surface area contributed by atoms with Crippen LogP contribution in [0.1, 0.15) is 42.5 Å². The molecule has 0 unspecified atom stereocenters. The van der Waals surface area contributed by atoms with Crippen molar-refractivity contribution in [1.29, 1.82) is 0 Å². The van der Waals surface area contributed by atoms with Crippen molar-refractivity contribution in [2.45, 2.75) is 64.1 Å². The third-order valence-corrected chi connectivity index (χ3v) is 10.1. The molecule has 10 heteroatoms. The van der Waals surface area contributed by atoms with Crippen molar-refractivity contribution in [3.05, 3.63) is 129 Å². The molecule has 46 heavy (non-hydrogen) atoms. The Bertz CT molecular complexity index is 1750. The summed E-state index contributed by atoms with van der Waals surface area (Å²) in [4.78, 5) is 30.1. The number of hydrogen-bond acceptors (Lipinski definition) is 4. The van der Waals surface area contributed by atoms with Crippen LogP contribution in [0.4, 0.5) is 5.69 Å². The van der Waals surface area contributed by atoms with E-state index < -0.39 is 28.5 Å². The molecule has 0 aromatic heterocycles. The molecule has 242 valence electrons. The number of hydrogen-bond donors (Lipinski definition) is 1. The van der Waals surface area contributed by atoms with Gasteiger partial charge in [0.2, 0.25) is 11.8 Å². The van der Waals surface area contributed by atoms with Crippen LogP contribution in [0.3, 0.4) is 0 Å². The molecule has 4 rings (SSSR count). The fourth-order valence-electron chi connectivity index (χ4n) is 5.17. The van der Waals surface area contributed by atoms with Gasteiger partial charge in [0, 0.05) is 29.1 Å². The van der Waals surface area contributed by atoms with Crippen molar-refractivity contribution in [3.63, 3.8) is 0 Å². The van der Waals surface area contributed by atoms with Crippen LogP contribution < -0.4 is 9.62 Å². The van der Waals surface area contributed by atoms with Gasteiger partial charge in [0.25, 0.3) is 10.0 Å². The van der Waals surface area contributed by atoms with Crippen LogP contribution in [0, 0.1) is 13.8 Å². The second kappa shape index (κ2) is 15.6. The van der Waals surface area contributed by atoms with E-state index in [1.807, 2.05) is 64.1 Å². The number of rotatable bonds is 13. The van der Waals surface area contributed by atoms with Gasteiger partial charge in [-0.15, -0.1) is 0 Å². The van der Waals surface area contributed by atoms with E-state index in [1.54, 1.807) is 48.5 Å². The first-order valence-electron chi connectivity index (χ1n) is 15.1. The second-order valence-electron chi connectivity index (χ2n) is 11.5. The number of carbonyl (C=O) groups is 2. The number of amides is 2. The van der Waals surface area contributed by atoms with E-state index in [1.165, 1.54) is 17.0 Å². The molecule has 4 aromatic carbocycles. The molecule has 1 N–H and O–H groups in total. The maximum Gasteiger partial charge on any atom is 0.264 e. The normalized spacial score (nSPS) is 12.7. The van der Waals surface area contributed by atoms with Gasteiger partial charge in [-0.2, -0.15) is 0 Å².